The molecule has 1 rings (SSSR count). The Morgan fingerprint density at radius 1 is 1.00 bits per heavy atom. The summed E-state index contributed by atoms with van der Waals surface area (Å²) in [6, 6.07) is 0. The van der Waals surface area contributed by atoms with E-state index in [1.54, 1.807) is 0 Å². The summed E-state index contributed by atoms with van der Waals surface area (Å²) in [5, 5.41) is 0. The van der Waals surface area contributed by atoms with Crippen LogP contribution in [0.1, 0.15) is 12.8 Å². The van der Waals surface area contributed by atoms with Crippen molar-refractivity contribution in [1.29, 1.82) is 0 Å². The van der Waals surface area contributed by atoms with E-state index in [1.807, 2.05) is 0 Å². The van der Waals surface area contributed by atoms with Gasteiger partial charge in [-0.3, -0.25) is 9.59 Å². The Bertz CT molecular complexity index is 367. The van der Waals surface area contributed by atoms with Gasteiger partial charge in [0.25, 0.3) is 0 Å². The Morgan fingerprint density at radius 3 is 1.65 bits per heavy atom. The first-order valence-corrected chi connectivity index (χ1v) is 7.04. The van der Waals surface area contributed by atoms with E-state index >= 15 is 0 Å². The maximum atomic E-state index is 11.5. The zero-order chi connectivity index (χ0) is 13.1. The van der Waals surface area contributed by atoms with Crippen molar-refractivity contribution < 1.29 is 27.5 Å². The van der Waals surface area contributed by atoms with Gasteiger partial charge in [0.1, 0.15) is 0 Å². The van der Waals surface area contributed by atoms with Crippen molar-refractivity contribution in [3.05, 3.63) is 0 Å². The molecule has 0 aromatic heterocycles. The average molecular weight is 264 g/mol. The Balaban J connectivity index is 2.71. The fourth-order valence-corrected chi connectivity index (χ4v) is 4.26. The molecule has 0 saturated carbocycles. The molecule has 7 heteroatoms. The summed E-state index contributed by atoms with van der Waals surface area (Å²) < 4.78 is 32.0. The molecule has 6 nitrogen and oxygen atoms in total. The van der Waals surface area contributed by atoms with Crippen LogP contribution in [0.4, 0.5) is 0 Å². The molecular formula is C10H16O6S. The zero-order valence-electron chi connectivity index (χ0n) is 9.84. The minimum absolute atomic E-state index is 0.0252. The molecule has 17 heavy (non-hydrogen) atoms. The lowest BCUT2D eigenvalue weighted by molar-refractivity contribution is -0.144. The van der Waals surface area contributed by atoms with Crippen LogP contribution in [0.5, 0.6) is 0 Å². The molecular weight excluding hydrogens is 248 g/mol. The molecule has 0 aliphatic carbocycles. The van der Waals surface area contributed by atoms with Crippen LogP contribution in [-0.2, 0) is 28.9 Å². The van der Waals surface area contributed by atoms with Crippen molar-refractivity contribution in [3.8, 4) is 0 Å². The fraction of sp³-hybridized carbons (Fsp3) is 0.800. The van der Waals surface area contributed by atoms with E-state index in [-0.39, 0.29) is 36.2 Å². The summed E-state index contributed by atoms with van der Waals surface area (Å²) >= 11 is 0. The number of hydrogen-bond donors (Lipinski definition) is 0. The largest absolute Gasteiger partial charge is 0.469 e. The highest BCUT2D eigenvalue weighted by Gasteiger charge is 2.39. The zero-order valence-corrected chi connectivity index (χ0v) is 10.7. The van der Waals surface area contributed by atoms with Gasteiger partial charge in [-0.05, 0) is 11.8 Å². The topological polar surface area (TPSA) is 86.7 Å². The molecule has 0 radical (unpaired) electrons. The molecule has 0 spiro atoms. The number of esters is 2. The molecule has 1 aliphatic heterocycles. The minimum Gasteiger partial charge on any atom is -0.469 e. The average Bonchev–Trinajstić information content (AvgIpc) is 2.52. The lowest BCUT2D eigenvalue weighted by atomic mass is 9.90. The van der Waals surface area contributed by atoms with Gasteiger partial charge < -0.3 is 9.47 Å². The summed E-state index contributed by atoms with van der Waals surface area (Å²) in [4.78, 5) is 22.3. The summed E-state index contributed by atoms with van der Waals surface area (Å²) in [6.07, 6.45) is 0.0504. The van der Waals surface area contributed by atoms with Gasteiger partial charge in [0.2, 0.25) is 0 Å². The third-order valence-electron chi connectivity index (χ3n) is 2.92. The molecule has 0 amide bonds. The summed E-state index contributed by atoms with van der Waals surface area (Å²) in [7, 11) is -0.666. The number of methoxy groups -OCH3 is 2. The van der Waals surface area contributed by atoms with Gasteiger partial charge in [0.15, 0.2) is 9.84 Å². The molecule has 1 fully saturated rings. The smallest absolute Gasteiger partial charge is 0.305 e. The molecule has 1 aliphatic rings. The first kappa shape index (κ1) is 14.0. The fourth-order valence-electron chi connectivity index (χ4n) is 2.04. The van der Waals surface area contributed by atoms with Gasteiger partial charge >= 0.3 is 11.9 Å². The molecule has 98 valence electrons. The third-order valence-corrected chi connectivity index (χ3v) is 4.79. The maximum Gasteiger partial charge on any atom is 0.305 e. The molecule has 1 saturated heterocycles. The summed E-state index contributed by atoms with van der Waals surface area (Å²) in [6.45, 7) is 0. The van der Waals surface area contributed by atoms with E-state index in [0.29, 0.717) is 0 Å². The number of rotatable bonds is 4. The molecule has 0 N–H and O–H groups in total. The predicted molar refractivity (Wildman–Crippen MR) is 58.9 cm³/mol. The third kappa shape index (κ3) is 3.99. The van der Waals surface area contributed by atoms with Crippen molar-refractivity contribution in [2.45, 2.75) is 12.8 Å². The van der Waals surface area contributed by atoms with Gasteiger partial charge in [0, 0.05) is 12.8 Å². The summed E-state index contributed by atoms with van der Waals surface area (Å²) in [5.41, 5.74) is 0. The number of carbonyl (C=O) groups is 2. The van der Waals surface area contributed by atoms with Crippen LogP contribution in [0.15, 0.2) is 0 Å². The van der Waals surface area contributed by atoms with Crippen molar-refractivity contribution >= 4 is 21.8 Å². The van der Waals surface area contributed by atoms with Gasteiger partial charge in [-0.25, -0.2) is 8.42 Å². The lowest BCUT2D eigenvalue weighted by Crippen LogP contribution is -2.20. The first-order valence-electron chi connectivity index (χ1n) is 5.22. The number of sulfone groups is 1. The Labute approximate surface area is 100 Å². The Kier molecular flexibility index (Phi) is 4.50. The minimum atomic E-state index is -3.17. The van der Waals surface area contributed by atoms with Gasteiger partial charge in [0.05, 0.1) is 25.7 Å². The maximum absolute atomic E-state index is 11.5. The highest BCUT2D eigenvalue weighted by Crippen LogP contribution is 2.31. The monoisotopic (exact) mass is 264 g/mol. The predicted octanol–water partition coefficient (Wildman–Crippen LogP) is -0.227. The Morgan fingerprint density at radius 2 is 1.35 bits per heavy atom. The number of hydrogen-bond acceptors (Lipinski definition) is 6. The molecule has 0 aromatic rings. The molecule has 0 bridgehead atoms. The van der Waals surface area contributed by atoms with Crippen molar-refractivity contribution in [2.75, 3.05) is 25.7 Å². The second-order valence-corrected chi connectivity index (χ2v) is 6.31. The van der Waals surface area contributed by atoms with Crippen molar-refractivity contribution in [2.24, 2.45) is 11.8 Å². The molecule has 0 unspecified atom stereocenters. The normalized spacial score (nSPS) is 26.5. The van der Waals surface area contributed by atoms with Crippen LogP contribution in [0.25, 0.3) is 0 Å². The van der Waals surface area contributed by atoms with Crippen LogP contribution in [0.2, 0.25) is 0 Å². The highest BCUT2D eigenvalue weighted by atomic mass is 32.2. The molecule has 1 heterocycles. The standard InChI is InChI=1S/C10H16O6S/c1-15-9(11)3-7-5-17(13,14)6-8(7)4-10(12)16-2/h7-8H,3-6H2,1-2H3/t7-,8-/m1/s1. The van der Waals surface area contributed by atoms with Crippen LogP contribution in [0.3, 0.4) is 0 Å². The summed E-state index contributed by atoms with van der Waals surface area (Å²) in [5.74, 6) is -1.75. The van der Waals surface area contributed by atoms with E-state index in [0.717, 1.165) is 0 Å². The van der Waals surface area contributed by atoms with E-state index < -0.39 is 21.8 Å². The van der Waals surface area contributed by atoms with Gasteiger partial charge in [-0.2, -0.15) is 0 Å². The van der Waals surface area contributed by atoms with Crippen molar-refractivity contribution in [1.82, 2.24) is 0 Å². The van der Waals surface area contributed by atoms with Gasteiger partial charge in [-0.1, -0.05) is 0 Å². The van der Waals surface area contributed by atoms with Gasteiger partial charge in [-0.15, -0.1) is 0 Å². The molecule has 0 aromatic carbocycles. The van der Waals surface area contributed by atoms with E-state index in [2.05, 4.69) is 9.47 Å². The van der Waals surface area contributed by atoms with Crippen LogP contribution in [0, 0.1) is 11.8 Å². The van der Waals surface area contributed by atoms with E-state index in [4.69, 9.17) is 0 Å². The quantitative estimate of drug-likeness (QED) is 0.652. The highest BCUT2D eigenvalue weighted by molar-refractivity contribution is 7.91. The number of ether oxygens (including phenoxy) is 2. The van der Waals surface area contributed by atoms with Crippen LogP contribution < -0.4 is 0 Å². The SMILES string of the molecule is COC(=O)C[C@@H]1CS(=O)(=O)C[C@H]1CC(=O)OC. The van der Waals surface area contributed by atoms with E-state index in [9.17, 15) is 18.0 Å². The first-order chi connectivity index (χ1) is 7.88. The molecule has 2 atom stereocenters. The Hall–Kier alpha value is -1.11. The van der Waals surface area contributed by atoms with Crippen LogP contribution in [-0.4, -0.2) is 46.1 Å². The van der Waals surface area contributed by atoms with Crippen molar-refractivity contribution in [3.63, 3.8) is 0 Å². The second kappa shape index (κ2) is 5.48. The van der Waals surface area contributed by atoms with Crippen LogP contribution >= 0.6 is 0 Å². The lowest BCUT2D eigenvalue weighted by Gasteiger charge is -2.15. The number of carbonyl (C=O) groups excluding carboxylic acids is 2. The van der Waals surface area contributed by atoms with E-state index in [1.165, 1.54) is 14.2 Å². The second-order valence-electron chi connectivity index (χ2n) is 4.16.